The van der Waals surface area contributed by atoms with Crippen LogP contribution in [0.1, 0.15) is 43.7 Å². The van der Waals surface area contributed by atoms with Crippen LogP contribution in [0.15, 0.2) is 18.2 Å². The Morgan fingerprint density at radius 3 is 2.44 bits per heavy atom. The van der Waals surface area contributed by atoms with E-state index in [0.717, 1.165) is 5.92 Å². The molecule has 0 radical (unpaired) electrons. The third-order valence-corrected chi connectivity index (χ3v) is 4.64. The topological polar surface area (TPSA) is 3.24 Å². The Hall–Kier alpha value is -0.690. The Morgan fingerprint density at radius 2 is 1.89 bits per heavy atom. The number of hydrogen-bond donors (Lipinski definition) is 0. The van der Waals surface area contributed by atoms with Crippen molar-refractivity contribution in [1.29, 1.82) is 0 Å². The van der Waals surface area contributed by atoms with Gasteiger partial charge in [0, 0.05) is 24.7 Å². The maximum atomic E-state index is 5.88. The second kappa shape index (κ2) is 5.97. The summed E-state index contributed by atoms with van der Waals surface area (Å²) in [4.78, 5) is 2.47. The van der Waals surface area contributed by atoms with Gasteiger partial charge in [-0.2, -0.15) is 0 Å². The molecule has 2 rings (SSSR count). The molecule has 0 N–H and O–H groups in total. The van der Waals surface area contributed by atoms with Gasteiger partial charge in [0.05, 0.1) is 0 Å². The minimum absolute atomic E-state index is 0.603. The fraction of sp³-hybridized carbons (Fsp3) is 0.625. The molecule has 1 fully saturated rings. The van der Waals surface area contributed by atoms with E-state index in [-0.39, 0.29) is 0 Å². The Balaban J connectivity index is 2.11. The van der Waals surface area contributed by atoms with E-state index >= 15 is 0 Å². The van der Waals surface area contributed by atoms with Crippen molar-refractivity contribution in [3.8, 4) is 0 Å². The predicted octanol–water partition coefficient (Wildman–Crippen LogP) is 4.75. The average molecular weight is 266 g/mol. The number of anilines is 1. The lowest BCUT2D eigenvalue weighted by Crippen LogP contribution is -2.35. The number of hydrogen-bond acceptors (Lipinski definition) is 1. The first-order valence-electron chi connectivity index (χ1n) is 7.00. The summed E-state index contributed by atoms with van der Waals surface area (Å²) in [6.45, 7) is 4.56. The van der Waals surface area contributed by atoms with Crippen LogP contribution in [0.5, 0.6) is 0 Å². The molecule has 0 bridgehead atoms. The largest absolute Gasteiger partial charge is 0.371 e. The summed E-state index contributed by atoms with van der Waals surface area (Å²) < 4.78 is 0. The van der Waals surface area contributed by atoms with Crippen molar-refractivity contribution < 1.29 is 0 Å². The fourth-order valence-corrected chi connectivity index (χ4v) is 3.19. The van der Waals surface area contributed by atoms with Crippen molar-refractivity contribution >= 4 is 17.3 Å². The summed E-state index contributed by atoms with van der Waals surface area (Å²) >= 11 is 5.88. The van der Waals surface area contributed by atoms with Gasteiger partial charge in [-0.15, -0.1) is 11.6 Å². The molecule has 18 heavy (non-hydrogen) atoms. The number of rotatable bonds is 3. The SMILES string of the molecule is Cc1cc(CCl)ccc1N(C)C1CCC(C)CC1. The Morgan fingerprint density at radius 1 is 1.22 bits per heavy atom. The summed E-state index contributed by atoms with van der Waals surface area (Å²) in [5, 5.41) is 0. The summed E-state index contributed by atoms with van der Waals surface area (Å²) in [5.41, 5.74) is 3.92. The second-order valence-electron chi connectivity index (χ2n) is 5.78. The third kappa shape index (κ3) is 3.00. The lowest BCUT2D eigenvalue weighted by atomic mass is 9.86. The van der Waals surface area contributed by atoms with Gasteiger partial charge >= 0.3 is 0 Å². The molecule has 0 unspecified atom stereocenters. The lowest BCUT2D eigenvalue weighted by molar-refractivity contribution is 0.340. The average Bonchev–Trinajstić information content (AvgIpc) is 2.38. The van der Waals surface area contributed by atoms with E-state index in [0.29, 0.717) is 11.9 Å². The molecule has 0 atom stereocenters. The molecule has 100 valence electrons. The van der Waals surface area contributed by atoms with Crippen LogP contribution in [0.25, 0.3) is 0 Å². The fourth-order valence-electron chi connectivity index (χ4n) is 3.02. The first-order valence-corrected chi connectivity index (χ1v) is 7.53. The van der Waals surface area contributed by atoms with Crippen LogP contribution in [0, 0.1) is 12.8 Å². The zero-order valence-electron chi connectivity index (χ0n) is 11.7. The minimum atomic E-state index is 0.603. The van der Waals surface area contributed by atoms with Crippen LogP contribution in [-0.2, 0) is 5.88 Å². The van der Waals surface area contributed by atoms with E-state index in [2.05, 4.69) is 44.0 Å². The molecule has 1 saturated carbocycles. The van der Waals surface area contributed by atoms with Crippen LogP contribution in [0.2, 0.25) is 0 Å². The number of alkyl halides is 1. The molecule has 2 heteroatoms. The molecular weight excluding hydrogens is 242 g/mol. The normalized spacial score (nSPS) is 24.0. The van der Waals surface area contributed by atoms with Crippen LogP contribution >= 0.6 is 11.6 Å². The first kappa shape index (κ1) is 13.7. The van der Waals surface area contributed by atoms with E-state index in [1.165, 1.54) is 42.5 Å². The van der Waals surface area contributed by atoms with Crippen molar-refractivity contribution in [1.82, 2.24) is 0 Å². The summed E-state index contributed by atoms with van der Waals surface area (Å²) in [6, 6.07) is 7.30. The van der Waals surface area contributed by atoms with E-state index in [9.17, 15) is 0 Å². The standard InChI is InChI=1S/C16H24ClN/c1-12-4-7-15(8-5-12)18(3)16-9-6-14(11-17)10-13(16)2/h6,9-10,12,15H,4-5,7-8,11H2,1-3H3. The van der Waals surface area contributed by atoms with Crippen LogP contribution in [0.4, 0.5) is 5.69 Å². The molecule has 1 aliphatic rings. The van der Waals surface area contributed by atoms with Crippen LogP contribution in [-0.4, -0.2) is 13.1 Å². The Labute approximate surface area is 116 Å². The highest BCUT2D eigenvalue weighted by molar-refractivity contribution is 6.17. The van der Waals surface area contributed by atoms with Crippen LogP contribution in [0.3, 0.4) is 0 Å². The van der Waals surface area contributed by atoms with Crippen molar-refractivity contribution in [2.24, 2.45) is 5.92 Å². The maximum Gasteiger partial charge on any atom is 0.0474 e. The van der Waals surface area contributed by atoms with Gasteiger partial charge in [-0.25, -0.2) is 0 Å². The molecule has 1 nitrogen and oxygen atoms in total. The van der Waals surface area contributed by atoms with Gasteiger partial charge in [-0.3, -0.25) is 0 Å². The molecule has 0 saturated heterocycles. The molecule has 1 aliphatic carbocycles. The van der Waals surface area contributed by atoms with Crippen LogP contribution < -0.4 is 4.90 Å². The van der Waals surface area contributed by atoms with E-state index in [1.807, 2.05) is 0 Å². The highest BCUT2D eigenvalue weighted by Crippen LogP contribution is 2.31. The summed E-state index contributed by atoms with van der Waals surface area (Å²) in [5.74, 6) is 1.51. The maximum absolute atomic E-state index is 5.88. The number of aryl methyl sites for hydroxylation is 1. The van der Waals surface area contributed by atoms with E-state index < -0.39 is 0 Å². The molecule has 0 aromatic heterocycles. The van der Waals surface area contributed by atoms with Crippen molar-refractivity contribution in [3.63, 3.8) is 0 Å². The van der Waals surface area contributed by atoms with Gasteiger partial charge in [-0.05, 0) is 55.7 Å². The monoisotopic (exact) mass is 265 g/mol. The van der Waals surface area contributed by atoms with Gasteiger partial charge < -0.3 is 4.90 Å². The smallest absolute Gasteiger partial charge is 0.0474 e. The molecule has 0 spiro atoms. The molecule has 0 heterocycles. The number of benzene rings is 1. The molecule has 1 aromatic rings. The van der Waals surface area contributed by atoms with E-state index in [1.54, 1.807) is 0 Å². The third-order valence-electron chi connectivity index (χ3n) is 4.33. The zero-order valence-corrected chi connectivity index (χ0v) is 12.5. The predicted molar refractivity (Wildman–Crippen MR) is 80.6 cm³/mol. The lowest BCUT2D eigenvalue weighted by Gasteiger charge is -2.36. The zero-order chi connectivity index (χ0) is 13.1. The Bertz CT molecular complexity index is 394. The summed E-state index contributed by atoms with van der Waals surface area (Å²) in [7, 11) is 2.24. The van der Waals surface area contributed by atoms with Gasteiger partial charge in [-0.1, -0.05) is 19.1 Å². The highest BCUT2D eigenvalue weighted by Gasteiger charge is 2.22. The van der Waals surface area contributed by atoms with Gasteiger partial charge in [0.1, 0.15) is 0 Å². The van der Waals surface area contributed by atoms with Gasteiger partial charge in [0.25, 0.3) is 0 Å². The molecule has 1 aromatic carbocycles. The Kier molecular flexibility index (Phi) is 4.55. The van der Waals surface area contributed by atoms with Crippen molar-refractivity contribution in [2.45, 2.75) is 51.5 Å². The van der Waals surface area contributed by atoms with Gasteiger partial charge in [0.2, 0.25) is 0 Å². The van der Waals surface area contributed by atoms with Crippen molar-refractivity contribution in [2.75, 3.05) is 11.9 Å². The summed E-state index contributed by atoms with van der Waals surface area (Å²) in [6.07, 6.45) is 5.39. The van der Waals surface area contributed by atoms with E-state index in [4.69, 9.17) is 11.6 Å². The van der Waals surface area contributed by atoms with Crippen molar-refractivity contribution in [3.05, 3.63) is 29.3 Å². The second-order valence-corrected chi connectivity index (χ2v) is 6.05. The number of halogens is 1. The van der Waals surface area contributed by atoms with Gasteiger partial charge in [0.15, 0.2) is 0 Å². The molecular formula is C16H24ClN. The molecule has 0 amide bonds. The first-order chi connectivity index (χ1) is 8.61. The highest BCUT2D eigenvalue weighted by atomic mass is 35.5. The molecule has 0 aliphatic heterocycles. The minimum Gasteiger partial charge on any atom is -0.371 e. The number of nitrogens with zero attached hydrogens (tertiary/aromatic N) is 1. The quantitative estimate of drug-likeness (QED) is 0.713.